The van der Waals surface area contributed by atoms with Crippen molar-refractivity contribution in [1.29, 1.82) is 0 Å². The summed E-state index contributed by atoms with van der Waals surface area (Å²) in [6.45, 7) is 12.6. The Bertz CT molecular complexity index is 1650. The molecule has 2 aliphatic carbocycles. The second kappa shape index (κ2) is 12.0. The maximum atomic E-state index is 13.9. The molecule has 250 valence electrons. The number of hydrogen-bond donors (Lipinski definition) is 2. The van der Waals surface area contributed by atoms with Crippen molar-refractivity contribution in [1.82, 2.24) is 19.9 Å². The molecule has 1 aromatic carbocycles. The number of hydrogen-bond acceptors (Lipinski definition) is 10. The van der Waals surface area contributed by atoms with Gasteiger partial charge in [0.15, 0.2) is 0 Å². The van der Waals surface area contributed by atoms with Crippen LogP contribution in [0.5, 0.6) is 11.6 Å². The molecule has 2 N–H and O–H groups in total. The number of amides is 3. The van der Waals surface area contributed by atoms with Crippen molar-refractivity contribution in [2.75, 3.05) is 13.7 Å². The van der Waals surface area contributed by atoms with Crippen LogP contribution in [0, 0.1) is 11.8 Å². The Kier molecular flexibility index (Phi) is 8.75. The summed E-state index contributed by atoms with van der Waals surface area (Å²) in [5.41, 5.74) is -3.28. The average molecular weight is 659 g/mol. The monoisotopic (exact) mass is 658 g/mol. The van der Waals surface area contributed by atoms with Crippen molar-refractivity contribution >= 4 is 39.0 Å². The lowest BCUT2D eigenvalue weighted by atomic mass is 10.1. The molecule has 1 saturated heterocycles. The Labute approximate surface area is 269 Å². The van der Waals surface area contributed by atoms with E-state index in [1.165, 1.54) is 11.0 Å². The first-order chi connectivity index (χ1) is 21.5. The van der Waals surface area contributed by atoms with E-state index in [2.05, 4.69) is 16.9 Å². The van der Waals surface area contributed by atoms with Crippen LogP contribution in [-0.4, -0.2) is 78.8 Å². The quantitative estimate of drug-likeness (QED) is 0.341. The second-order valence-electron chi connectivity index (χ2n) is 13.5. The van der Waals surface area contributed by atoms with E-state index >= 15 is 0 Å². The Hall–Kier alpha value is -3.91. The summed E-state index contributed by atoms with van der Waals surface area (Å²) in [6.07, 6.45) is 3.00. The van der Waals surface area contributed by atoms with Crippen molar-refractivity contribution in [2.24, 2.45) is 11.8 Å². The van der Waals surface area contributed by atoms with Crippen molar-refractivity contribution in [3.63, 3.8) is 0 Å². The molecule has 0 radical (unpaired) electrons. The lowest BCUT2D eigenvalue weighted by molar-refractivity contribution is -0.131. The molecule has 1 aliphatic heterocycles. The highest BCUT2D eigenvalue weighted by atomic mass is 32.2. The third-order valence-electron chi connectivity index (χ3n) is 8.75. The molecule has 0 unspecified atom stereocenters. The summed E-state index contributed by atoms with van der Waals surface area (Å²) >= 11 is 0. The van der Waals surface area contributed by atoms with Crippen molar-refractivity contribution in [3.05, 3.63) is 43.1 Å². The third-order valence-corrected chi connectivity index (χ3v) is 9.73. The average Bonchev–Trinajstić information content (AvgIpc) is 3.86. The Morgan fingerprint density at radius 3 is 2.48 bits per heavy atom. The van der Waals surface area contributed by atoms with Crippen LogP contribution in [0.15, 0.2) is 43.1 Å². The minimum absolute atomic E-state index is 0.00477. The maximum absolute atomic E-state index is 13.9. The molecule has 46 heavy (non-hydrogen) atoms. The van der Waals surface area contributed by atoms with Gasteiger partial charge in [0.2, 0.25) is 11.8 Å². The number of benzene rings is 1. The minimum Gasteiger partial charge on any atom is -0.497 e. The fourth-order valence-electron chi connectivity index (χ4n) is 5.82. The number of carbonyl (C=O) groups excluding carboxylic acids is 3. The van der Waals surface area contributed by atoms with Gasteiger partial charge in [0.25, 0.3) is 5.91 Å². The zero-order valence-corrected chi connectivity index (χ0v) is 27.8. The van der Waals surface area contributed by atoms with Gasteiger partial charge >= 0.3 is 16.4 Å². The number of carbonyl (C=O) groups is 3. The highest BCUT2D eigenvalue weighted by Crippen LogP contribution is 2.48. The van der Waals surface area contributed by atoms with Crippen molar-refractivity contribution in [3.8, 4) is 11.6 Å². The lowest BCUT2D eigenvalue weighted by Gasteiger charge is -2.29. The number of fused-ring (bicyclic) bond motifs is 1. The molecule has 2 aromatic rings. The zero-order valence-electron chi connectivity index (χ0n) is 27.0. The molecule has 1 aromatic heterocycles. The summed E-state index contributed by atoms with van der Waals surface area (Å²) in [7, 11) is -2.89. The summed E-state index contributed by atoms with van der Waals surface area (Å²) < 4.78 is 50.2. The first-order valence-corrected chi connectivity index (χ1v) is 16.7. The molecule has 3 aliphatic rings. The van der Waals surface area contributed by atoms with Crippen molar-refractivity contribution < 1.29 is 41.2 Å². The lowest BCUT2D eigenvalue weighted by Crippen LogP contribution is -2.57. The van der Waals surface area contributed by atoms with E-state index < -0.39 is 63.0 Å². The van der Waals surface area contributed by atoms with E-state index in [1.807, 2.05) is 36.8 Å². The maximum Gasteiger partial charge on any atom is 0.411 e. The molecule has 13 nitrogen and oxygen atoms in total. The predicted molar refractivity (Wildman–Crippen MR) is 168 cm³/mol. The van der Waals surface area contributed by atoms with Crippen LogP contribution in [0.2, 0.25) is 0 Å². The van der Waals surface area contributed by atoms with Gasteiger partial charge in [-0.3, -0.25) is 14.5 Å². The molecule has 3 fully saturated rings. The topological polar surface area (TPSA) is 162 Å². The molecule has 4 atom stereocenters. The van der Waals surface area contributed by atoms with Gasteiger partial charge in [0.05, 0.1) is 19.3 Å². The largest absolute Gasteiger partial charge is 0.497 e. The van der Waals surface area contributed by atoms with Crippen molar-refractivity contribution in [2.45, 2.75) is 89.2 Å². The molecule has 0 bridgehead atoms. The fraction of sp³-hybridized carbons (Fsp3) is 0.562. The Morgan fingerprint density at radius 1 is 1.17 bits per heavy atom. The predicted octanol–water partition coefficient (Wildman–Crippen LogP) is 3.63. The molecule has 2 heterocycles. The number of pyridine rings is 1. The van der Waals surface area contributed by atoms with Crippen LogP contribution in [0.4, 0.5) is 4.79 Å². The summed E-state index contributed by atoms with van der Waals surface area (Å²) in [4.78, 5) is 46.3. The first kappa shape index (κ1) is 33.5. The minimum atomic E-state index is -4.47. The van der Waals surface area contributed by atoms with E-state index in [1.54, 1.807) is 40.1 Å². The first-order valence-electron chi connectivity index (χ1n) is 15.3. The van der Waals surface area contributed by atoms with Gasteiger partial charge in [0.1, 0.15) is 29.0 Å². The standard InChI is InChI=1S/C32H42N4O9S/c1-8-21-17-32(21,28(38)35-46(40,41)45-31(12-13-31)19(2)3)34-26(37)25-16-23(18-36(25)29(39)44-30(4,5)6)43-27-24-10-9-22(42-7)15-20(24)11-14-33-27/h8-11,14-15,19,21,23,25H,1,12-13,16-18H2,2-7H3,(H,34,37)(H,35,38)/t21-,23-,25+,32-/m1/s1. The smallest absolute Gasteiger partial charge is 0.411 e. The number of methoxy groups -OCH3 is 1. The van der Waals surface area contributed by atoms with Crippen LogP contribution in [-0.2, 0) is 28.8 Å². The van der Waals surface area contributed by atoms with Gasteiger partial charge in [-0.05, 0) is 75.6 Å². The van der Waals surface area contributed by atoms with Gasteiger partial charge in [0, 0.05) is 23.9 Å². The number of likely N-dealkylation sites (tertiary alicyclic amines) is 1. The highest BCUT2D eigenvalue weighted by molar-refractivity contribution is 7.85. The third kappa shape index (κ3) is 6.92. The molecule has 0 spiro atoms. The summed E-state index contributed by atoms with van der Waals surface area (Å²) in [5, 5.41) is 4.28. The van der Waals surface area contributed by atoms with Gasteiger partial charge in [-0.25, -0.2) is 18.7 Å². The number of rotatable bonds is 11. The molecular weight excluding hydrogens is 616 g/mol. The summed E-state index contributed by atoms with van der Waals surface area (Å²) in [5.74, 6) is -1.22. The van der Waals surface area contributed by atoms with Gasteiger partial charge < -0.3 is 19.5 Å². The zero-order chi connectivity index (χ0) is 33.7. The van der Waals surface area contributed by atoms with E-state index in [0.717, 1.165) is 10.8 Å². The van der Waals surface area contributed by atoms with Crippen LogP contribution < -0.4 is 19.5 Å². The van der Waals surface area contributed by atoms with Gasteiger partial charge in [-0.2, -0.15) is 8.42 Å². The Morgan fingerprint density at radius 2 is 1.89 bits per heavy atom. The van der Waals surface area contributed by atoms with Crippen LogP contribution in [0.25, 0.3) is 10.8 Å². The van der Waals surface area contributed by atoms with E-state index in [4.69, 9.17) is 18.4 Å². The molecule has 3 amide bonds. The van der Waals surface area contributed by atoms with Crippen LogP contribution in [0.3, 0.4) is 0 Å². The number of aromatic nitrogens is 1. The molecule has 5 rings (SSSR count). The number of nitrogens with zero attached hydrogens (tertiary/aromatic N) is 2. The highest BCUT2D eigenvalue weighted by Gasteiger charge is 2.62. The number of nitrogens with one attached hydrogen (secondary N) is 2. The van der Waals surface area contributed by atoms with Gasteiger partial charge in [-0.15, -0.1) is 6.58 Å². The molecule has 2 saturated carbocycles. The fourth-order valence-corrected chi connectivity index (χ4v) is 7.07. The van der Waals surface area contributed by atoms with E-state index in [0.29, 0.717) is 24.5 Å². The molecular formula is C32H42N4O9S. The van der Waals surface area contributed by atoms with Gasteiger partial charge in [-0.1, -0.05) is 19.9 Å². The van der Waals surface area contributed by atoms with E-state index in [-0.39, 0.29) is 25.3 Å². The van der Waals surface area contributed by atoms with Crippen LogP contribution >= 0.6 is 0 Å². The van der Waals surface area contributed by atoms with E-state index in [9.17, 15) is 22.8 Å². The second-order valence-corrected chi connectivity index (χ2v) is 14.8. The van der Waals surface area contributed by atoms with Crippen LogP contribution in [0.1, 0.15) is 60.3 Å². The normalized spacial score (nSPS) is 25.1. The SMILES string of the molecule is C=C[C@@H]1C[C@]1(NC(=O)[C@@H]1C[C@@H](Oc2nccc3cc(OC)ccc23)CN1C(=O)OC(C)(C)C)C(=O)NS(=O)(=O)OC1(C(C)C)CC1. The molecule has 14 heteroatoms. The number of ether oxygens (including phenoxy) is 3. The Balaban J connectivity index is 1.35. The summed E-state index contributed by atoms with van der Waals surface area (Å²) in [6, 6.07) is 6.17.